The predicted molar refractivity (Wildman–Crippen MR) is 76.1 cm³/mol. The van der Waals surface area contributed by atoms with E-state index < -0.39 is 0 Å². The molecule has 4 heteroatoms. The number of nitrogens with one attached hydrogen (secondary N) is 1. The van der Waals surface area contributed by atoms with Gasteiger partial charge in [-0.1, -0.05) is 0 Å². The first-order chi connectivity index (χ1) is 9.11. The Morgan fingerprint density at radius 3 is 2.37 bits per heavy atom. The molecular weight excluding hydrogens is 240 g/mol. The van der Waals surface area contributed by atoms with Gasteiger partial charge in [-0.3, -0.25) is 9.69 Å². The molecule has 0 amide bonds. The van der Waals surface area contributed by atoms with Crippen LogP contribution in [-0.2, 0) is 0 Å². The fourth-order valence-electron chi connectivity index (χ4n) is 2.60. The van der Waals surface area contributed by atoms with Gasteiger partial charge in [-0.05, 0) is 37.1 Å². The number of piperazine rings is 1. The third-order valence-corrected chi connectivity index (χ3v) is 3.56. The number of methoxy groups -OCH3 is 1. The molecular formula is C15H22N2O2. The minimum Gasteiger partial charge on any atom is -0.496 e. The van der Waals surface area contributed by atoms with Crippen LogP contribution in [0.1, 0.15) is 21.5 Å². The summed E-state index contributed by atoms with van der Waals surface area (Å²) in [5.74, 6) is 1.06. The lowest BCUT2D eigenvalue weighted by atomic mass is 10.0. The summed E-state index contributed by atoms with van der Waals surface area (Å²) in [7, 11) is 1.66. The lowest BCUT2D eigenvalue weighted by Gasteiger charge is -2.26. The Hall–Kier alpha value is -1.39. The third kappa shape index (κ3) is 3.33. The first-order valence-corrected chi connectivity index (χ1v) is 6.73. The zero-order valence-corrected chi connectivity index (χ0v) is 12.0. The number of ketones is 1. The normalized spacial score (nSPS) is 16.4. The number of carbonyl (C=O) groups is 1. The number of rotatable bonds is 4. The zero-order chi connectivity index (χ0) is 13.8. The summed E-state index contributed by atoms with van der Waals surface area (Å²) >= 11 is 0. The molecule has 1 saturated heterocycles. The van der Waals surface area contributed by atoms with E-state index in [0.29, 0.717) is 6.54 Å². The van der Waals surface area contributed by atoms with E-state index in [2.05, 4.69) is 10.2 Å². The summed E-state index contributed by atoms with van der Waals surface area (Å²) in [4.78, 5) is 14.5. The van der Waals surface area contributed by atoms with Gasteiger partial charge in [-0.15, -0.1) is 0 Å². The van der Waals surface area contributed by atoms with Gasteiger partial charge in [-0.25, -0.2) is 0 Å². The smallest absolute Gasteiger partial charge is 0.176 e. The van der Waals surface area contributed by atoms with Crippen molar-refractivity contribution in [3.8, 4) is 5.75 Å². The van der Waals surface area contributed by atoms with Crippen molar-refractivity contribution in [1.29, 1.82) is 0 Å². The van der Waals surface area contributed by atoms with E-state index in [4.69, 9.17) is 4.74 Å². The molecule has 1 aliphatic heterocycles. The van der Waals surface area contributed by atoms with Gasteiger partial charge in [-0.2, -0.15) is 0 Å². The van der Waals surface area contributed by atoms with Gasteiger partial charge in [0.1, 0.15) is 5.75 Å². The maximum Gasteiger partial charge on any atom is 0.176 e. The molecule has 0 bridgehead atoms. The lowest BCUT2D eigenvalue weighted by Crippen LogP contribution is -2.45. The van der Waals surface area contributed by atoms with Crippen LogP contribution in [0, 0.1) is 13.8 Å². The maximum absolute atomic E-state index is 12.3. The number of nitrogens with zero attached hydrogens (tertiary/aromatic N) is 1. The number of hydrogen-bond acceptors (Lipinski definition) is 4. The van der Waals surface area contributed by atoms with Gasteiger partial charge in [0.05, 0.1) is 13.7 Å². The third-order valence-electron chi connectivity index (χ3n) is 3.56. The second kappa shape index (κ2) is 6.17. The Bertz CT molecular complexity index is 442. The second-order valence-electron chi connectivity index (χ2n) is 5.09. The zero-order valence-electron chi connectivity index (χ0n) is 12.0. The molecule has 0 unspecified atom stereocenters. The molecule has 1 N–H and O–H groups in total. The van der Waals surface area contributed by atoms with E-state index in [0.717, 1.165) is 48.6 Å². The van der Waals surface area contributed by atoms with Crippen molar-refractivity contribution in [3.63, 3.8) is 0 Å². The second-order valence-corrected chi connectivity index (χ2v) is 5.09. The van der Waals surface area contributed by atoms with Crippen LogP contribution < -0.4 is 10.1 Å². The fourth-order valence-corrected chi connectivity index (χ4v) is 2.60. The molecule has 0 aliphatic carbocycles. The molecule has 0 radical (unpaired) electrons. The Balaban J connectivity index is 2.10. The first kappa shape index (κ1) is 14.0. The quantitative estimate of drug-likeness (QED) is 0.833. The van der Waals surface area contributed by atoms with Crippen molar-refractivity contribution >= 4 is 5.78 Å². The molecule has 1 fully saturated rings. The van der Waals surface area contributed by atoms with Crippen LogP contribution in [0.4, 0.5) is 0 Å². The summed E-state index contributed by atoms with van der Waals surface area (Å²) < 4.78 is 5.33. The van der Waals surface area contributed by atoms with Crippen molar-refractivity contribution in [1.82, 2.24) is 10.2 Å². The molecule has 0 spiro atoms. The van der Waals surface area contributed by atoms with Crippen molar-refractivity contribution in [2.24, 2.45) is 0 Å². The Kier molecular flexibility index (Phi) is 4.56. The summed E-state index contributed by atoms with van der Waals surface area (Å²) in [5.41, 5.74) is 2.83. The van der Waals surface area contributed by atoms with Gasteiger partial charge in [0.25, 0.3) is 0 Å². The Morgan fingerprint density at radius 2 is 1.84 bits per heavy atom. The largest absolute Gasteiger partial charge is 0.496 e. The Morgan fingerprint density at radius 1 is 1.26 bits per heavy atom. The van der Waals surface area contributed by atoms with Crippen LogP contribution in [0.15, 0.2) is 12.1 Å². The van der Waals surface area contributed by atoms with Crippen LogP contribution in [0.3, 0.4) is 0 Å². The molecule has 0 atom stereocenters. The number of benzene rings is 1. The standard InChI is InChI=1S/C15H22N2O2/c1-11-8-13(9-12(2)15(11)19-3)14(18)10-17-6-4-16-5-7-17/h8-9,16H,4-7,10H2,1-3H3. The maximum atomic E-state index is 12.3. The van der Waals surface area contributed by atoms with E-state index in [-0.39, 0.29) is 5.78 Å². The van der Waals surface area contributed by atoms with Gasteiger partial charge < -0.3 is 10.1 Å². The highest BCUT2D eigenvalue weighted by molar-refractivity contribution is 5.98. The van der Waals surface area contributed by atoms with Crippen LogP contribution in [-0.4, -0.2) is 50.5 Å². The molecule has 0 saturated carbocycles. The molecule has 1 aromatic rings. The highest BCUT2D eigenvalue weighted by Gasteiger charge is 2.16. The van der Waals surface area contributed by atoms with Crippen molar-refractivity contribution in [2.45, 2.75) is 13.8 Å². The van der Waals surface area contributed by atoms with Gasteiger partial charge in [0.15, 0.2) is 5.78 Å². The van der Waals surface area contributed by atoms with Crippen molar-refractivity contribution < 1.29 is 9.53 Å². The SMILES string of the molecule is COc1c(C)cc(C(=O)CN2CCNCC2)cc1C. The van der Waals surface area contributed by atoms with Crippen molar-refractivity contribution in [2.75, 3.05) is 39.8 Å². The molecule has 1 heterocycles. The number of hydrogen-bond donors (Lipinski definition) is 1. The molecule has 19 heavy (non-hydrogen) atoms. The van der Waals surface area contributed by atoms with Crippen LogP contribution in [0.2, 0.25) is 0 Å². The van der Waals surface area contributed by atoms with Crippen molar-refractivity contribution in [3.05, 3.63) is 28.8 Å². The number of ether oxygens (including phenoxy) is 1. The van der Waals surface area contributed by atoms with E-state index in [1.165, 1.54) is 0 Å². The van der Waals surface area contributed by atoms with Gasteiger partial charge in [0, 0.05) is 31.7 Å². The monoisotopic (exact) mass is 262 g/mol. The highest BCUT2D eigenvalue weighted by atomic mass is 16.5. The van der Waals surface area contributed by atoms with Crippen LogP contribution in [0.5, 0.6) is 5.75 Å². The van der Waals surface area contributed by atoms with E-state index in [9.17, 15) is 4.79 Å². The van der Waals surface area contributed by atoms with Gasteiger partial charge >= 0.3 is 0 Å². The van der Waals surface area contributed by atoms with Crippen LogP contribution >= 0.6 is 0 Å². The summed E-state index contributed by atoms with van der Waals surface area (Å²) in [5, 5.41) is 3.29. The minimum absolute atomic E-state index is 0.191. The Labute approximate surface area is 114 Å². The summed E-state index contributed by atoms with van der Waals surface area (Å²) in [6, 6.07) is 3.85. The van der Waals surface area contributed by atoms with E-state index in [1.807, 2.05) is 26.0 Å². The molecule has 4 nitrogen and oxygen atoms in total. The average Bonchev–Trinajstić information content (AvgIpc) is 2.39. The first-order valence-electron chi connectivity index (χ1n) is 6.73. The van der Waals surface area contributed by atoms with E-state index in [1.54, 1.807) is 7.11 Å². The highest BCUT2D eigenvalue weighted by Crippen LogP contribution is 2.24. The molecule has 104 valence electrons. The molecule has 1 aromatic carbocycles. The molecule has 0 aromatic heterocycles. The number of aryl methyl sites for hydroxylation is 2. The summed E-state index contributed by atoms with van der Waals surface area (Å²) in [6.45, 7) is 8.29. The minimum atomic E-state index is 0.191. The number of Topliss-reactive ketones (excluding diaryl/α,β-unsaturated/α-hetero) is 1. The molecule has 1 aliphatic rings. The fraction of sp³-hybridized carbons (Fsp3) is 0.533. The van der Waals surface area contributed by atoms with Crippen LogP contribution in [0.25, 0.3) is 0 Å². The van der Waals surface area contributed by atoms with Gasteiger partial charge in [0.2, 0.25) is 0 Å². The molecule has 2 rings (SSSR count). The predicted octanol–water partition coefficient (Wildman–Crippen LogP) is 1.40. The number of carbonyl (C=O) groups excluding carboxylic acids is 1. The lowest BCUT2D eigenvalue weighted by molar-refractivity contribution is 0.0921. The van der Waals surface area contributed by atoms with E-state index >= 15 is 0 Å². The summed E-state index contributed by atoms with van der Waals surface area (Å²) in [6.07, 6.45) is 0. The average molecular weight is 262 g/mol. The topological polar surface area (TPSA) is 41.6 Å².